The lowest BCUT2D eigenvalue weighted by Crippen LogP contribution is -2.32. The highest BCUT2D eigenvalue weighted by atomic mass is 16.5. The maximum atomic E-state index is 13.2. The molecule has 130 valence electrons. The number of ether oxygens (including phenoxy) is 1. The predicted octanol–water partition coefficient (Wildman–Crippen LogP) is 2.42. The van der Waals surface area contributed by atoms with Crippen LogP contribution >= 0.6 is 0 Å². The van der Waals surface area contributed by atoms with Crippen LogP contribution in [0, 0.1) is 20.8 Å². The number of aryl methyl sites for hydroxylation is 2. The zero-order valence-corrected chi connectivity index (χ0v) is 14.9. The fourth-order valence-electron chi connectivity index (χ4n) is 3.53. The van der Waals surface area contributed by atoms with E-state index < -0.39 is 0 Å². The van der Waals surface area contributed by atoms with E-state index in [-0.39, 0.29) is 18.1 Å². The van der Waals surface area contributed by atoms with Gasteiger partial charge in [-0.05, 0) is 33.8 Å². The zero-order chi connectivity index (χ0) is 17.4. The topological polar surface area (TPSA) is 73.4 Å². The first kappa shape index (κ1) is 16.7. The van der Waals surface area contributed by atoms with Gasteiger partial charge in [-0.15, -0.1) is 0 Å². The Kier molecular flexibility index (Phi) is 4.45. The SMILES string of the molecule is CCn1c(C)cc(C(=O)N2C[C@H](OC)C[C@@H]2c2nc(C)no2)c1C. The number of aromatic nitrogens is 3. The van der Waals surface area contributed by atoms with E-state index >= 15 is 0 Å². The number of hydrogen-bond donors (Lipinski definition) is 0. The van der Waals surface area contributed by atoms with Crippen molar-refractivity contribution in [1.29, 1.82) is 0 Å². The van der Waals surface area contributed by atoms with Crippen molar-refractivity contribution in [3.8, 4) is 0 Å². The van der Waals surface area contributed by atoms with Crippen LogP contribution in [0.1, 0.15) is 52.8 Å². The minimum Gasteiger partial charge on any atom is -0.380 e. The third-order valence-electron chi connectivity index (χ3n) is 4.81. The number of methoxy groups -OCH3 is 1. The monoisotopic (exact) mass is 332 g/mol. The maximum Gasteiger partial charge on any atom is 0.256 e. The highest BCUT2D eigenvalue weighted by Crippen LogP contribution is 2.34. The summed E-state index contributed by atoms with van der Waals surface area (Å²) in [6, 6.07) is 1.71. The smallest absolute Gasteiger partial charge is 0.256 e. The molecule has 0 unspecified atom stereocenters. The Bertz CT molecular complexity index is 749. The molecule has 0 spiro atoms. The number of nitrogens with zero attached hydrogens (tertiary/aromatic N) is 4. The molecule has 0 bridgehead atoms. The van der Waals surface area contributed by atoms with Crippen LogP contribution in [0.15, 0.2) is 10.6 Å². The Morgan fingerprint density at radius 1 is 1.42 bits per heavy atom. The molecule has 1 aliphatic heterocycles. The number of rotatable bonds is 4. The molecular weight excluding hydrogens is 308 g/mol. The molecule has 7 heteroatoms. The van der Waals surface area contributed by atoms with E-state index in [1.54, 1.807) is 18.9 Å². The van der Waals surface area contributed by atoms with Crippen molar-refractivity contribution >= 4 is 5.91 Å². The molecule has 3 rings (SSSR count). The van der Waals surface area contributed by atoms with Crippen LogP contribution in [0.2, 0.25) is 0 Å². The molecule has 1 aliphatic rings. The number of amides is 1. The van der Waals surface area contributed by atoms with E-state index in [1.807, 2.05) is 19.9 Å². The zero-order valence-electron chi connectivity index (χ0n) is 14.9. The lowest BCUT2D eigenvalue weighted by atomic mass is 10.1. The number of hydrogen-bond acceptors (Lipinski definition) is 5. The molecule has 1 amide bonds. The summed E-state index contributed by atoms with van der Waals surface area (Å²) in [5.74, 6) is 1.04. The van der Waals surface area contributed by atoms with Crippen molar-refractivity contribution in [2.75, 3.05) is 13.7 Å². The van der Waals surface area contributed by atoms with Crippen molar-refractivity contribution in [2.45, 2.75) is 52.8 Å². The largest absolute Gasteiger partial charge is 0.380 e. The number of carbonyl (C=O) groups is 1. The summed E-state index contributed by atoms with van der Waals surface area (Å²) in [5, 5.41) is 3.86. The van der Waals surface area contributed by atoms with E-state index in [4.69, 9.17) is 9.26 Å². The molecule has 0 saturated carbocycles. The van der Waals surface area contributed by atoms with Crippen LogP contribution in [0.3, 0.4) is 0 Å². The Morgan fingerprint density at radius 2 is 2.17 bits per heavy atom. The van der Waals surface area contributed by atoms with Crippen molar-refractivity contribution in [3.05, 3.63) is 34.7 Å². The Morgan fingerprint density at radius 3 is 2.71 bits per heavy atom. The average molecular weight is 332 g/mol. The molecule has 2 atom stereocenters. The number of carbonyl (C=O) groups excluding carboxylic acids is 1. The van der Waals surface area contributed by atoms with Gasteiger partial charge >= 0.3 is 0 Å². The molecule has 1 saturated heterocycles. The van der Waals surface area contributed by atoms with Crippen LogP contribution in [0.4, 0.5) is 0 Å². The van der Waals surface area contributed by atoms with Crippen molar-refractivity contribution < 1.29 is 14.1 Å². The van der Waals surface area contributed by atoms with Gasteiger partial charge in [-0.1, -0.05) is 5.16 Å². The second-order valence-corrected chi connectivity index (χ2v) is 6.28. The lowest BCUT2D eigenvalue weighted by molar-refractivity contribution is 0.0670. The highest BCUT2D eigenvalue weighted by Gasteiger charge is 2.40. The predicted molar refractivity (Wildman–Crippen MR) is 87.8 cm³/mol. The molecule has 0 aliphatic carbocycles. The minimum absolute atomic E-state index is 0.0109. The molecular formula is C17H24N4O3. The first-order valence-corrected chi connectivity index (χ1v) is 8.26. The molecule has 0 aromatic carbocycles. The maximum absolute atomic E-state index is 13.2. The van der Waals surface area contributed by atoms with Gasteiger partial charge in [-0.3, -0.25) is 4.79 Å². The molecule has 24 heavy (non-hydrogen) atoms. The van der Waals surface area contributed by atoms with Crippen LogP contribution in [0.25, 0.3) is 0 Å². The van der Waals surface area contributed by atoms with Gasteiger partial charge in [0.05, 0.1) is 11.7 Å². The summed E-state index contributed by atoms with van der Waals surface area (Å²) in [6.45, 7) is 9.23. The van der Waals surface area contributed by atoms with Gasteiger partial charge in [-0.2, -0.15) is 4.98 Å². The van der Waals surface area contributed by atoms with Crippen LogP contribution < -0.4 is 0 Å². The Balaban J connectivity index is 1.94. The molecule has 1 fully saturated rings. The van der Waals surface area contributed by atoms with Gasteiger partial charge in [-0.25, -0.2) is 0 Å². The molecule has 7 nitrogen and oxygen atoms in total. The summed E-state index contributed by atoms with van der Waals surface area (Å²) in [7, 11) is 1.66. The molecule has 0 radical (unpaired) electrons. The van der Waals surface area contributed by atoms with Crippen molar-refractivity contribution in [3.63, 3.8) is 0 Å². The van der Waals surface area contributed by atoms with E-state index in [1.165, 1.54) is 0 Å². The van der Waals surface area contributed by atoms with E-state index in [0.29, 0.717) is 24.7 Å². The second-order valence-electron chi connectivity index (χ2n) is 6.28. The fourth-order valence-corrected chi connectivity index (χ4v) is 3.53. The molecule has 0 N–H and O–H groups in total. The first-order chi connectivity index (χ1) is 11.5. The van der Waals surface area contributed by atoms with Crippen molar-refractivity contribution in [1.82, 2.24) is 19.6 Å². The van der Waals surface area contributed by atoms with Gasteiger partial charge in [0.15, 0.2) is 5.82 Å². The van der Waals surface area contributed by atoms with E-state index in [9.17, 15) is 4.79 Å². The lowest BCUT2D eigenvalue weighted by Gasteiger charge is -2.21. The summed E-state index contributed by atoms with van der Waals surface area (Å²) in [6.07, 6.45) is 0.636. The Labute approximate surface area is 141 Å². The quantitative estimate of drug-likeness (QED) is 0.859. The summed E-state index contributed by atoms with van der Waals surface area (Å²) in [5.41, 5.74) is 2.81. The molecule has 2 aromatic heterocycles. The summed E-state index contributed by atoms with van der Waals surface area (Å²) < 4.78 is 12.9. The van der Waals surface area contributed by atoms with Crippen molar-refractivity contribution in [2.24, 2.45) is 0 Å². The molecule has 3 heterocycles. The standard InChI is InChI=1S/C17H24N4O3/c1-6-20-10(2)7-14(11(20)3)17(22)21-9-13(23-5)8-15(21)16-18-12(4)19-24-16/h7,13,15H,6,8-9H2,1-5H3/t13-,15-/m1/s1. The average Bonchev–Trinajstić information content (AvgIpc) is 3.24. The third kappa shape index (κ3) is 2.73. The van der Waals surface area contributed by atoms with Gasteiger partial charge in [0, 0.05) is 38.0 Å². The second kappa shape index (κ2) is 6.39. The van der Waals surface area contributed by atoms with Crippen LogP contribution in [-0.2, 0) is 11.3 Å². The fraction of sp³-hybridized carbons (Fsp3) is 0.588. The van der Waals surface area contributed by atoms with Gasteiger partial charge in [0.1, 0.15) is 6.04 Å². The van der Waals surface area contributed by atoms with E-state index in [2.05, 4.69) is 21.6 Å². The number of likely N-dealkylation sites (tertiary alicyclic amines) is 1. The van der Waals surface area contributed by atoms with E-state index in [0.717, 1.165) is 23.5 Å². The summed E-state index contributed by atoms with van der Waals surface area (Å²) in [4.78, 5) is 19.3. The molecule has 2 aromatic rings. The van der Waals surface area contributed by atoms with Gasteiger partial charge in [0.2, 0.25) is 5.89 Å². The third-order valence-corrected chi connectivity index (χ3v) is 4.81. The van der Waals surface area contributed by atoms with Gasteiger partial charge < -0.3 is 18.7 Å². The Hall–Kier alpha value is -2.15. The highest BCUT2D eigenvalue weighted by molar-refractivity contribution is 5.96. The normalized spacial score (nSPS) is 20.8. The van der Waals surface area contributed by atoms with Gasteiger partial charge in [0.25, 0.3) is 5.91 Å². The van der Waals surface area contributed by atoms with Crippen LogP contribution in [0.5, 0.6) is 0 Å². The van der Waals surface area contributed by atoms with Crippen LogP contribution in [-0.4, -0.2) is 45.3 Å². The minimum atomic E-state index is -0.242. The first-order valence-electron chi connectivity index (χ1n) is 8.26. The summed E-state index contributed by atoms with van der Waals surface area (Å²) >= 11 is 0.